The van der Waals surface area contributed by atoms with Crippen molar-refractivity contribution in [3.05, 3.63) is 29.3 Å². The van der Waals surface area contributed by atoms with Crippen LogP contribution in [0.5, 0.6) is 0 Å². The lowest BCUT2D eigenvalue weighted by Crippen LogP contribution is -2.21. The Balaban J connectivity index is 2.22. The van der Waals surface area contributed by atoms with E-state index < -0.39 is 17.6 Å². The van der Waals surface area contributed by atoms with Gasteiger partial charge in [-0.05, 0) is 25.3 Å². The number of anilines is 1. The van der Waals surface area contributed by atoms with Gasteiger partial charge >= 0.3 is 5.97 Å². The van der Waals surface area contributed by atoms with Gasteiger partial charge in [-0.15, -0.1) is 0 Å². The first-order valence-corrected chi connectivity index (χ1v) is 6.10. The monoisotopic (exact) mass is 270 g/mol. The van der Waals surface area contributed by atoms with Crippen LogP contribution in [0.3, 0.4) is 0 Å². The van der Waals surface area contributed by atoms with Crippen molar-refractivity contribution in [2.75, 3.05) is 12.4 Å². The number of rotatable bonds is 3. The number of halogens is 2. The highest BCUT2D eigenvalue weighted by Gasteiger charge is 2.23. The summed E-state index contributed by atoms with van der Waals surface area (Å²) in [4.78, 5) is 11.4. The molecule has 0 spiro atoms. The number of benzene rings is 1. The number of hydrogen-bond donors (Lipinski definition) is 2. The minimum atomic E-state index is -0.932. The first-order valence-electron chi connectivity index (χ1n) is 6.10. The van der Waals surface area contributed by atoms with Crippen LogP contribution >= 0.6 is 0 Å². The summed E-state index contributed by atoms with van der Waals surface area (Å²) in [6.07, 6.45) is 2.42. The van der Waals surface area contributed by atoms with Gasteiger partial charge in [0.1, 0.15) is 11.6 Å². The Hall–Kier alpha value is -1.69. The quantitative estimate of drug-likeness (QED) is 0.825. The predicted molar refractivity (Wildman–Crippen MR) is 66.9 cm³/mol. The highest BCUT2D eigenvalue weighted by Crippen LogP contribution is 2.25. The number of carbonyl (C=O) groups is 1. The number of methoxy groups -OCH3 is 1. The predicted octanol–water partition coefficient (Wildman–Crippen LogP) is 2.04. The van der Waals surface area contributed by atoms with Crippen molar-refractivity contribution in [1.29, 1.82) is 0 Å². The lowest BCUT2D eigenvalue weighted by atomic mass is 10.1. The van der Waals surface area contributed by atoms with E-state index in [9.17, 15) is 13.6 Å². The molecule has 1 aromatic rings. The molecule has 0 radical (unpaired) electrons. The van der Waals surface area contributed by atoms with Gasteiger partial charge in [-0.25, -0.2) is 13.6 Å². The van der Waals surface area contributed by atoms with Gasteiger partial charge in [0.2, 0.25) is 0 Å². The molecule has 1 fully saturated rings. The van der Waals surface area contributed by atoms with Crippen LogP contribution < -0.4 is 11.1 Å². The SMILES string of the molecule is COC(=O)c1cc(NC2CCC(N)C2)c(F)cc1F. The molecule has 2 unspecified atom stereocenters. The van der Waals surface area contributed by atoms with E-state index in [2.05, 4.69) is 10.1 Å². The molecular formula is C13H16F2N2O2. The van der Waals surface area contributed by atoms with Gasteiger partial charge in [0.15, 0.2) is 0 Å². The second-order valence-electron chi connectivity index (χ2n) is 4.72. The Morgan fingerprint density at radius 2 is 2.11 bits per heavy atom. The third-order valence-electron chi connectivity index (χ3n) is 3.29. The Bertz CT molecular complexity index is 494. The summed E-state index contributed by atoms with van der Waals surface area (Å²) in [5.41, 5.74) is 5.59. The van der Waals surface area contributed by atoms with Crippen molar-refractivity contribution in [3.8, 4) is 0 Å². The van der Waals surface area contributed by atoms with Crippen molar-refractivity contribution < 1.29 is 18.3 Å². The van der Waals surface area contributed by atoms with Gasteiger partial charge in [-0.2, -0.15) is 0 Å². The van der Waals surface area contributed by atoms with Gasteiger partial charge in [-0.3, -0.25) is 0 Å². The molecule has 1 saturated carbocycles. The fraction of sp³-hybridized carbons (Fsp3) is 0.462. The van der Waals surface area contributed by atoms with Crippen LogP contribution in [-0.2, 0) is 4.74 Å². The molecule has 0 bridgehead atoms. The van der Waals surface area contributed by atoms with Gasteiger partial charge in [0, 0.05) is 18.2 Å². The zero-order valence-corrected chi connectivity index (χ0v) is 10.6. The lowest BCUT2D eigenvalue weighted by molar-refractivity contribution is 0.0595. The smallest absolute Gasteiger partial charge is 0.340 e. The number of nitrogens with two attached hydrogens (primary N) is 1. The summed E-state index contributed by atoms with van der Waals surface area (Å²) in [6, 6.07) is 1.96. The molecule has 1 aliphatic carbocycles. The van der Waals surface area contributed by atoms with Crippen LogP contribution in [0.4, 0.5) is 14.5 Å². The average molecular weight is 270 g/mol. The first kappa shape index (κ1) is 13.7. The molecule has 2 atom stereocenters. The molecule has 1 aliphatic rings. The molecule has 6 heteroatoms. The highest BCUT2D eigenvalue weighted by atomic mass is 19.1. The zero-order chi connectivity index (χ0) is 14.0. The first-order chi connectivity index (χ1) is 9.01. The van der Waals surface area contributed by atoms with E-state index in [1.807, 2.05) is 0 Å². The Kier molecular flexibility index (Phi) is 3.99. The standard InChI is InChI=1S/C13H16F2N2O2/c1-19-13(18)9-5-12(11(15)6-10(9)14)17-8-3-2-7(16)4-8/h5-8,17H,2-4,16H2,1H3. The van der Waals surface area contributed by atoms with Crippen molar-refractivity contribution >= 4 is 11.7 Å². The molecule has 0 amide bonds. The van der Waals surface area contributed by atoms with Crippen LogP contribution in [0.1, 0.15) is 29.6 Å². The molecule has 0 saturated heterocycles. The van der Waals surface area contributed by atoms with E-state index in [-0.39, 0.29) is 23.3 Å². The molecule has 4 nitrogen and oxygen atoms in total. The van der Waals surface area contributed by atoms with E-state index in [4.69, 9.17) is 5.73 Å². The maximum absolute atomic E-state index is 13.7. The number of carbonyl (C=O) groups excluding carboxylic acids is 1. The fourth-order valence-electron chi connectivity index (χ4n) is 2.29. The van der Waals surface area contributed by atoms with E-state index in [1.54, 1.807) is 0 Å². The third-order valence-corrected chi connectivity index (χ3v) is 3.29. The van der Waals surface area contributed by atoms with Gasteiger partial charge in [0.25, 0.3) is 0 Å². The normalized spacial score (nSPS) is 22.3. The summed E-state index contributed by atoms with van der Waals surface area (Å²) in [7, 11) is 1.15. The molecular weight excluding hydrogens is 254 g/mol. The molecule has 19 heavy (non-hydrogen) atoms. The summed E-state index contributed by atoms with van der Waals surface area (Å²) in [5.74, 6) is -2.49. The summed E-state index contributed by atoms with van der Waals surface area (Å²) in [6.45, 7) is 0. The molecule has 0 aliphatic heterocycles. The Labute approximate surface area is 109 Å². The van der Waals surface area contributed by atoms with Crippen molar-refractivity contribution in [2.45, 2.75) is 31.3 Å². The zero-order valence-electron chi connectivity index (χ0n) is 10.6. The third kappa shape index (κ3) is 3.01. The van der Waals surface area contributed by atoms with Crippen molar-refractivity contribution in [1.82, 2.24) is 0 Å². The van der Waals surface area contributed by atoms with E-state index >= 15 is 0 Å². The van der Waals surface area contributed by atoms with Crippen LogP contribution in [0.25, 0.3) is 0 Å². The average Bonchev–Trinajstić information content (AvgIpc) is 2.77. The second-order valence-corrected chi connectivity index (χ2v) is 4.72. The number of esters is 1. The van der Waals surface area contributed by atoms with E-state index in [0.29, 0.717) is 6.07 Å². The number of nitrogens with one attached hydrogen (secondary N) is 1. The van der Waals surface area contributed by atoms with Crippen LogP contribution in [-0.4, -0.2) is 25.2 Å². The van der Waals surface area contributed by atoms with Crippen LogP contribution in [0.15, 0.2) is 12.1 Å². The highest BCUT2D eigenvalue weighted by molar-refractivity contribution is 5.90. The van der Waals surface area contributed by atoms with Crippen molar-refractivity contribution in [2.24, 2.45) is 5.73 Å². The van der Waals surface area contributed by atoms with Gasteiger partial charge in [0.05, 0.1) is 18.4 Å². The second kappa shape index (κ2) is 5.52. The fourth-order valence-corrected chi connectivity index (χ4v) is 2.29. The largest absolute Gasteiger partial charge is 0.465 e. The van der Waals surface area contributed by atoms with Gasteiger partial charge < -0.3 is 15.8 Å². The summed E-state index contributed by atoms with van der Waals surface area (Å²) in [5, 5.41) is 2.96. The van der Waals surface area contributed by atoms with Crippen LogP contribution in [0.2, 0.25) is 0 Å². The minimum Gasteiger partial charge on any atom is -0.465 e. The number of hydrogen-bond acceptors (Lipinski definition) is 4. The topological polar surface area (TPSA) is 64.3 Å². The maximum atomic E-state index is 13.7. The molecule has 0 aromatic heterocycles. The maximum Gasteiger partial charge on any atom is 0.340 e. The van der Waals surface area contributed by atoms with E-state index in [1.165, 1.54) is 0 Å². The Morgan fingerprint density at radius 3 is 2.68 bits per heavy atom. The molecule has 1 aromatic carbocycles. The van der Waals surface area contributed by atoms with Crippen molar-refractivity contribution in [3.63, 3.8) is 0 Å². The van der Waals surface area contributed by atoms with E-state index in [0.717, 1.165) is 32.4 Å². The molecule has 104 valence electrons. The number of ether oxygens (including phenoxy) is 1. The minimum absolute atomic E-state index is 0.0421. The summed E-state index contributed by atoms with van der Waals surface area (Å²) < 4.78 is 31.6. The molecule has 2 rings (SSSR count). The molecule has 0 heterocycles. The summed E-state index contributed by atoms with van der Waals surface area (Å²) >= 11 is 0. The van der Waals surface area contributed by atoms with Gasteiger partial charge in [-0.1, -0.05) is 0 Å². The van der Waals surface area contributed by atoms with Crippen LogP contribution in [0, 0.1) is 11.6 Å². The molecule has 3 N–H and O–H groups in total. The Morgan fingerprint density at radius 1 is 1.37 bits per heavy atom. The lowest BCUT2D eigenvalue weighted by Gasteiger charge is -2.15.